The van der Waals surface area contributed by atoms with Crippen LogP contribution in [0.2, 0.25) is 5.02 Å². The van der Waals surface area contributed by atoms with Crippen LogP contribution in [0.15, 0.2) is 18.3 Å². The van der Waals surface area contributed by atoms with Gasteiger partial charge in [0, 0.05) is 25.7 Å². The number of hydrogen-bond acceptors (Lipinski definition) is 4. The molecule has 0 radical (unpaired) electrons. The van der Waals surface area contributed by atoms with Crippen molar-refractivity contribution in [1.29, 1.82) is 0 Å². The topological polar surface area (TPSA) is 71.2 Å². The maximum atomic E-state index is 14.1. The van der Waals surface area contributed by atoms with Gasteiger partial charge in [0.1, 0.15) is 0 Å². The molecule has 0 unspecified atom stereocenters. The number of fused-ring (bicyclic) bond motifs is 1. The van der Waals surface area contributed by atoms with Gasteiger partial charge >= 0.3 is 5.97 Å². The SMILES string of the molecule is O=C(O)CCc1cc2n(n1)CCCN(c1ncc(Cl)cc1F)C2. The van der Waals surface area contributed by atoms with E-state index in [1.165, 1.54) is 12.3 Å². The molecular weight excluding hydrogens is 323 g/mol. The zero-order chi connectivity index (χ0) is 16.4. The number of carboxylic acids is 1. The summed E-state index contributed by atoms with van der Waals surface area (Å²) in [4.78, 5) is 16.6. The van der Waals surface area contributed by atoms with E-state index in [-0.39, 0.29) is 17.3 Å². The van der Waals surface area contributed by atoms with Crippen LogP contribution in [0.4, 0.5) is 10.2 Å². The molecular formula is C15H16ClFN4O2. The number of halogens is 2. The number of aryl methyl sites for hydroxylation is 2. The first-order chi connectivity index (χ1) is 11.0. The van der Waals surface area contributed by atoms with Crippen LogP contribution in [0.5, 0.6) is 0 Å². The predicted molar refractivity (Wildman–Crippen MR) is 83.1 cm³/mol. The number of anilines is 1. The molecule has 0 aliphatic carbocycles. The number of aromatic nitrogens is 3. The second kappa shape index (κ2) is 6.54. The minimum atomic E-state index is -0.845. The van der Waals surface area contributed by atoms with E-state index in [2.05, 4.69) is 10.1 Å². The summed E-state index contributed by atoms with van der Waals surface area (Å²) in [6.07, 6.45) is 2.67. The molecule has 0 bridgehead atoms. The molecule has 1 N–H and O–H groups in total. The average molecular weight is 339 g/mol. The first kappa shape index (κ1) is 15.7. The van der Waals surface area contributed by atoms with Crippen molar-refractivity contribution in [2.24, 2.45) is 0 Å². The third kappa shape index (κ3) is 3.61. The van der Waals surface area contributed by atoms with Gasteiger partial charge in [-0.05, 0) is 18.6 Å². The van der Waals surface area contributed by atoms with E-state index >= 15 is 0 Å². The number of aliphatic carboxylic acids is 1. The van der Waals surface area contributed by atoms with Crippen molar-refractivity contribution in [2.75, 3.05) is 11.4 Å². The Kier molecular flexibility index (Phi) is 4.47. The zero-order valence-electron chi connectivity index (χ0n) is 12.4. The van der Waals surface area contributed by atoms with Gasteiger partial charge in [-0.3, -0.25) is 9.48 Å². The van der Waals surface area contributed by atoms with Crippen molar-refractivity contribution >= 4 is 23.4 Å². The third-order valence-corrected chi connectivity index (χ3v) is 3.95. The lowest BCUT2D eigenvalue weighted by molar-refractivity contribution is -0.136. The molecule has 0 spiro atoms. The van der Waals surface area contributed by atoms with E-state index in [1.807, 2.05) is 15.6 Å². The molecule has 6 nitrogen and oxygen atoms in total. The van der Waals surface area contributed by atoms with Crippen LogP contribution < -0.4 is 4.90 Å². The molecule has 8 heteroatoms. The highest BCUT2D eigenvalue weighted by molar-refractivity contribution is 6.30. The fourth-order valence-corrected chi connectivity index (χ4v) is 2.84. The van der Waals surface area contributed by atoms with Crippen molar-refractivity contribution in [3.63, 3.8) is 0 Å². The van der Waals surface area contributed by atoms with Gasteiger partial charge in [-0.15, -0.1) is 0 Å². The number of rotatable bonds is 4. The minimum absolute atomic E-state index is 0.0491. The van der Waals surface area contributed by atoms with Crippen molar-refractivity contribution in [1.82, 2.24) is 14.8 Å². The molecule has 2 aromatic rings. The van der Waals surface area contributed by atoms with Crippen LogP contribution in [0.1, 0.15) is 24.2 Å². The monoisotopic (exact) mass is 338 g/mol. The summed E-state index contributed by atoms with van der Waals surface area (Å²) in [5.74, 6) is -1.02. The highest BCUT2D eigenvalue weighted by Gasteiger charge is 2.20. The van der Waals surface area contributed by atoms with Crippen LogP contribution in [0, 0.1) is 5.82 Å². The van der Waals surface area contributed by atoms with Gasteiger partial charge in [0.15, 0.2) is 11.6 Å². The van der Waals surface area contributed by atoms with E-state index in [0.717, 1.165) is 17.8 Å². The maximum absolute atomic E-state index is 14.1. The number of nitrogens with zero attached hydrogens (tertiary/aromatic N) is 4. The summed E-state index contributed by atoms with van der Waals surface area (Å²) in [7, 11) is 0. The van der Waals surface area contributed by atoms with Crippen molar-refractivity contribution in [3.8, 4) is 0 Å². The summed E-state index contributed by atoms with van der Waals surface area (Å²) in [6.45, 7) is 1.86. The Morgan fingerprint density at radius 1 is 1.39 bits per heavy atom. The van der Waals surface area contributed by atoms with Crippen LogP contribution in [-0.4, -0.2) is 32.4 Å². The Bertz CT molecular complexity index is 734. The van der Waals surface area contributed by atoms with Gasteiger partial charge < -0.3 is 10.0 Å². The Labute approximate surface area is 137 Å². The molecule has 0 saturated carbocycles. The highest BCUT2D eigenvalue weighted by atomic mass is 35.5. The Balaban J connectivity index is 1.81. The molecule has 0 atom stereocenters. The van der Waals surface area contributed by atoms with E-state index in [9.17, 15) is 9.18 Å². The fourth-order valence-electron chi connectivity index (χ4n) is 2.70. The van der Waals surface area contributed by atoms with Crippen molar-refractivity contribution in [3.05, 3.63) is 40.6 Å². The summed E-state index contributed by atoms with van der Waals surface area (Å²) in [6, 6.07) is 3.14. The first-order valence-electron chi connectivity index (χ1n) is 7.36. The Morgan fingerprint density at radius 3 is 2.96 bits per heavy atom. The molecule has 0 saturated heterocycles. The smallest absolute Gasteiger partial charge is 0.303 e. The fraction of sp³-hybridized carbons (Fsp3) is 0.400. The van der Waals surface area contributed by atoms with Gasteiger partial charge in [-0.25, -0.2) is 9.37 Å². The molecule has 23 heavy (non-hydrogen) atoms. The predicted octanol–water partition coefficient (Wildman–Crippen LogP) is 2.50. The number of hydrogen-bond donors (Lipinski definition) is 1. The van der Waals surface area contributed by atoms with Crippen molar-refractivity contribution < 1.29 is 14.3 Å². The Hall–Kier alpha value is -2.15. The van der Waals surface area contributed by atoms with Gasteiger partial charge in [0.2, 0.25) is 0 Å². The lowest BCUT2D eigenvalue weighted by atomic mass is 10.2. The molecule has 122 valence electrons. The maximum Gasteiger partial charge on any atom is 0.303 e. The molecule has 1 aliphatic rings. The molecule has 0 fully saturated rings. The van der Waals surface area contributed by atoms with Crippen LogP contribution >= 0.6 is 11.6 Å². The van der Waals surface area contributed by atoms with Gasteiger partial charge in [-0.1, -0.05) is 11.6 Å². The zero-order valence-corrected chi connectivity index (χ0v) is 13.1. The Morgan fingerprint density at radius 2 is 2.22 bits per heavy atom. The second-order valence-corrected chi connectivity index (χ2v) is 5.91. The molecule has 3 rings (SSSR count). The minimum Gasteiger partial charge on any atom is -0.481 e. The lowest BCUT2D eigenvalue weighted by Crippen LogP contribution is -2.24. The highest BCUT2D eigenvalue weighted by Crippen LogP contribution is 2.24. The molecule has 3 heterocycles. The number of pyridine rings is 1. The quantitative estimate of drug-likeness (QED) is 0.927. The van der Waals surface area contributed by atoms with Crippen LogP contribution in [0.3, 0.4) is 0 Å². The summed E-state index contributed by atoms with van der Waals surface area (Å²) < 4.78 is 15.9. The molecule has 1 aliphatic heterocycles. The molecule has 2 aromatic heterocycles. The van der Waals surface area contributed by atoms with Crippen molar-refractivity contribution in [2.45, 2.75) is 32.4 Å². The summed E-state index contributed by atoms with van der Waals surface area (Å²) in [5, 5.41) is 13.5. The summed E-state index contributed by atoms with van der Waals surface area (Å²) >= 11 is 5.75. The molecule has 0 amide bonds. The average Bonchev–Trinajstić information content (AvgIpc) is 2.76. The number of carbonyl (C=O) groups is 1. The first-order valence-corrected chi connectivity index (χ1v) is 7.74. The lowest BCUT2D eigenvalue weighted by Gasteiger charge is -2.21. The van der Waals surface area contributed by atoms with Crippen LogP contribution in [0.25, 0.3) is 0 Å². The standard InChI is InChI=1S/C15H16ClFN4O2/c16-10-6-13(17)15(18-8-10)20-4-1-5-21-12(9-20)7-11(19-21)2-3-14(22)23/h6-8H,1-5,9H2,(H,22,23). The summed E-state index contributed by atoms with van der Waals surface area (Å²) in [5.41, 5.74) is 1.67. The largest absolute Gasteiger partial charge is 0.481 e. The van der Waals surface area contributed by atoms with E-state index < -0.39 is 11.8 Å². The second-order valence-electron chi connectivity index (χ2n) is 5.48. The molecule has 0 aromatic carbocycles. The van der Waals surface area contributed by atoms with Gasteiger partial charge in [-0.2, -0.15) is 5.10 Å². The van der Waals surface area contributed by atoms with Gasteiger partial charge in [0.25, 0.3) is 0 Å². The number of carboxylic acid groups (broad SMARTS) is 1. The van der Waals surface area contributed by atoms with E-state index in [0.29, 0.717) is 26.1 Å². The normalized spacial score (nSPS) is 14.4. The van der Waals surface area contributed by atoms with E-state index in [1.54, 1.807) is 0 Å². The van der Waals surface area contributed by atoms with Gasteiger partial charge in [0.05, 0.1) is 29.4 Å². The third-order valence-electron chi connectivity index (χ3n) is 3.75. The van der Waals surface area contributed by atoms with Crippen LogP contribution in [-0.2, 0) is 24.3 Å². The van der Waals surface area contributed by atoms with E-state index in [4.69, 9.17) is 16.7 Å².